The Labute approximate surface area is 219 Å². The normalized spacial score (nSPS) is 15.4. The molecule has 7 heteroatoms. The van der Waals surface area contributed by atoms with Crippen molar-refractivity contribution in [2.75, 3.05) is 48.3 Å². The molecule has 1 saturated heterocycles. The van der Waals surface area contributed by atoms with Crippen LogP contribution >= 0.6 is 0 Å². The van der Waals surface area contributed by atoms with E-state index in [4.69, 9.17) is 0 Å². The zero-order chi connectivity index (χ0) is 25.5. The van der Waals surface area contributed by atoms with Crippen molar-refractivity contribution >= 4 is 30.0 Å². The largest absolute Gasteiger partial charge is 0.351 e. The Morgan fingerprint density at radius 3 is 1.86 bits per heavy atom. The maximum atomic E-state index is 4.66. The molecule has 37 heavy (non-hydrogen) atoms. The van der Waals surface area contributed by atoms with Gasteiger partial charge in [-0.1, -0.05) is 72.8 Å². The number of piperidine rings is 1. The summed E-state index contributed by atoms with van der Waals surface area (Å²) in [4.78, 5) is 16.0. The second kappa shape index (κ2) is 11.8. The first-order valence-electron chi connectivity index (χ1n) is 13.0. The molecule has 2 heterocycles. The van der Waals surface area contributed by atoms with Gasteiger partial charge < -0.3 is 20.9 Å². The molecule has 190 valence electrons. The number of nitrogens with zero attached hydrogens (tertiary/aromatic N) is 4. The summed E-state index contributed by atoms with van der Waals surface area (Å²) in [6, 6.07) is 18.0. The van der Waals surface area contributed by atoms with Gasteiger partial charge in [0.15, 0.2) is 0 Å². The summed E-state index contributed by atoms with van der Waals surface area (Å²) in [6.45, 7) is 11.4. The van der Waals surface area contributed by atoms with E-state index in [0.717, 1.165) is 32.5 Å². The van der Waals surface area contributed by atoms with Gasteiger partial charge in [0.05, 0.1) is 0 Å². The molecule has 1 aliphatic carbocycles. The molecular formula is C30H35N7. The predicted molar refractivity (Wildman–Crippen MR) is 154 cm³/mol. The number of hydrogen-bond acceptors (Lipinski definition) is 7. The summed E-state index contributed by atoms with van der Waals surface area (Å²) >= 11 is 0. The number of aromatic nitrogens is 3. The van der Waals surface area contributed by atoms with Crippen molar-refractivity contribution in [2.45, 2.75) is 24.8 Å². The zero-order valence-corrected chi connectivity index (χ0v) is 21.2. The second-order valence-corrected chi connectivity index (χ2v) is 9.44. The van der Waals surface area contributed by atoms with Crippen LogP contribution in [-0.2, 0) is 0 Å². The highest BCUT2D eigenvalue weighted by atomic mass is 15.3. The average Bonchev–Trinajstić information content (AvgIpc) is 3.11. The van der Waals surface area contributed by atoms with Crippen LogP contribution in [0.2, 0.25) is 0 Å². The Bertz CT molecular complexity index is 1180. The Hall–Kier alpha value is -3.97. The third-order valence-corrected chi connectivity index (χ3v) is 7.01. The standard InChI is InChI=1S/C30H35N7/c1-3-17-31-28-34-29(32-18-4-2)36-30(35-28)37-19-15-24(16-20-37)33-21-27-25-11-7-5-9-22(25)13-14-23-10-6-8-12-26(23)27/h3-14,24,27,33H,1-2,15-21H2,(H2,31,32,34,35,36). The van der Waals surface area contributed by atoms with E-state index in [1.54, 1.807) is 12.2 Å². The van der Waals surface area contributed by atoms with Gasteiger partial charge in [-0.15, -0.1) is 13.2 Å². The molecule has 7 nitrogen and oxygen atoms in total. The van der Waals surface area contributed by atoms with E-state index >= 15 is 0 Å². The minimum atomic E-state index is 0.320. The van der Waals surface area contributed by atoms with Gasteiger partial charge in [-0.05, 0) is 35.1 Å². The molecule has 1 aliphatic heterocycles. The predicted octanol–water partition coefficient (Wildman–Crippen LogP) is 4.94. The van der Waals surface area contributed by atoms with Crippen molar-refractivity contribution in [1.29, 1.82) is 0 Å². The summed E-state index contributed by atoms with van der Waals surface area (Å²) in [5, 5.41) is 10.3. The van der Waals surface area contributed by atoms with E-state index in [-0.39, 0.29) is 0 Å². The minimum absolute atomic E-state index is 0.320. The number of rotatable bonds is 10. The third kappa shape index (κ3) is 5.89. The van der Waals surface area contributed by atoms with E-state index < -0.39 is 0 Å². The van der Waals surface area contributed by atoms with Gasteiger partial charge in [0.25, 0.3) is 0 Å². The summed E-state index contributed by atoms with van der Waals surface area (Å²) in [6.07, 6.45) is 10.1. The Morgan fingerprint density at radius 1 is 0.784 bits per heavy atom. The molecule has 1 aromatic heterocycles. The lowest BCUT2D eigenvalue weighted by Gasteiger charge is -2.33. The molecule has 0 amide bonds. The molecular weight excluding hydrogens is 458 g/mol. The molecule has 1 fully saturated rings. The highest BCUT2D eigenvalue weighted by Crippen LogP contribution is 2.34. The quantitative estimate of drug-likeness (QED) is 0.345. The molecule has 0 unspecified atom stereocenters. The van der Waals surface area contributed by atoms with Gasteiger partial charge in [-0.2, -0.15) is 15.0 Å². The highest BCUT2D eigenvalue weighted by molar-refractivity contribution is 5.76. The summed E-state index contributed by atoms with van der Waals surface area (Å²) in [7, 11) is 0. The first kappa shape index (κ1) is 24.7. The molecule has 5 rings (SSSR count). The van der Waals surface area contributed by atoms with Crippen LogP contribution in [0.4, 0.5) is 17.8 Å². The lowest BCUT2D eigenvalue weighted by molar-refractivity contribution is 0.407. The topological polar surface area (TPSA) is 78.0 Å². The van der Waals surface area contributed by atoms with Crippen molar-refractivity contribution in [3.8, 4) is 0 Å². The van der Waals surface area contributed by atoms with E-state index in [0.29, 0.717) is 42.9 Å². The number of nitrogens with one attached hydrogen (secondary N) is 3. The van der Waals surface area contributed by atoms with Crippen molar-refractivity contribution in [3.63, 3.8) is 0 Å². The number of anilines is 3. The molecule has 0 spiro atoms. The van der Waals surface area contributed by atoms with Crippen molar-refractivity contribution in [1.82, 2.24) is 20.3 Å². The fourth-order valence-electron chi connectivity index (χ4n) is 5.09. The lowest BCUT2D eigenvalue weighted by Crippen LogP contribution is -2.44. The van der Waals surface area contributed by atoms with Crippen LogP contribution in [0.15, 0.2) is 73.8 Å². The third-order valence-electron chi connectivity index (χ3n) is 7.01. The van der Waals surface area contributed by atoms with E-state index in [1.807, 2.05) is 0 Å². The molecule has 2 aliphatic rings. The van der Waals surface area contributed by atoms with E-state index in [9.17, 15) is 0 Å². The SMILES string of the molecule is C=CCNc1nc(NCC=C)nc(N2CCC(NCC3c4ccccc4C=Cc4ccccc43)CC2)n1. The maximum Gasteiger partial charge on any atom is 0.231 e. The number of benzene rings is 2. The molecule has 3 aromatic rings. The monoisotopic (exact) mass is 493 g/mol. The van der Waals surface area contributed by atoms with Crippen LogP contribution in [-0.4, -0.2) is 53.7 Å². The molecule has 3 N–H and O–H groups in total. The molecule has 0 saturated carbocycles. The van der Waals surface area contributed by atoms with Gasteiger partial charge in [0.1, 0.15) is 0 Å². The maximum absolute atomic E-state index is 4.66. The second-order valence-electron chi connectivity index (χ2n) is 9.44. The van der Waals surface area contributed by atoms with Crippen LogP contribution < -0.4 is 20.9 Å². The Balaban J connectivity index is 1.25. The number of hydrogen-bond donors (Lipinski definition) is 3. The highest BCUT2D eigenvalue weighted by Gasteiger charge is 2.25. The summed E-state index contributed by atoms with van der Waals surface area (Å²) in [5.41, 5.74) is 5.38. The first-order chi connectivity index (χ1) is 18.2. The lowest BCUT2D eigenvalue weighted by atomic mass is 9.87. The molecule has 0 bridgehead atoms. The summed E-state index contributed by atoms with van der Waals surface area (Å²) in [5.74, 6) is 2.12. The van der Waals surface area contributed by atoms with E-state index in [1.165, 1.54) is 22.3 Å². The fourth-order valence-corrected chi connectivity index (χ4v) is 5.09. The van der Waals surface area contributed by atoms with Gasteiger partial charge in [-0.25, -0.2) is 0 Å². The van der Waals surface area contributed by atoms with Crippen molar-refractivity contribution < 1.29 is 0 Å². The summed E-state index contributed by atoms with van der Waals surface area (Å²) < 4.78 is 0. The van der Waals surface area contributed by atoms with Crippen LogP contribution in [0.1, 0.15) is 41.0 Å². The smallest absolute Gasteiger partial charge is 0.231 e. The van der Waals surface area contributed by atoms with E-state index in [2.05, 4.69) is 110 Å². The first-order valence-corrected chi connectivity index (χ1v) is 13.0. The van der Waals surface area contributed by atoms with Crippen LogP contribution in [0, 0.1) is 0 Å². The van der Waals surface area contributed by atoms with Gasteiger partial charge in [0.2, 0.25) is 17.8 Å². The van der Waals surface area contributed by atoms with Crippen LogP contribution in [0.5, 0.6) is 0 Å². The Morgan fingerprint density at radius 2 is 1.32 bits per heavy atom. The average molecular weight is 494 g/mol. The van der Waals surface area contributed by atoms with Gasteiger partial charge in [0, 0.05) is 44.7 Å². The van der Waals surface area contributed by atoms with Crippen molar-refractivity contribution in [3.05, 3.63) is 96.1 Å². The fraction of sp³-hybridized carbons (Fsp3) is 0.300. The molecule has 0 radical (unpaired) electrons. The molecule has 0 atom stereocenters. The molecule has 2 aromatic carbocycles. The van der Waals surface area contributed by atoms with Crippen LogP contribution in [0.25, 0.3) is 12.2 Å². The van der Waals surface area contributed by atoms with Gasteiger partial charge in [-0.3, -0.25) is 0 Å². The zero-order valence-electron chi connectivity index (χ0n) is 21.2. The Kier molecular flexibility index (Phi) is 7.91. The van der Waals surface area contributed by atoms with Gasteiger partial charge >= 0.3 is 0 Å². The minimum Gasteiger partial charge on any atom is -0.351 e. The number of fused-ring (bicyclic) bond motifs is 2. The van der Waals surface area contributed by atoms with Crippen LogP contribution in [0.3, 0.4) is 0 Å². The van der Waals surface area contributed by atoms with Crippen molar-refractivity contribution in [2.24, 2.45) is 0 Å².